The highest BCUT2D eigenvalue weighted by Crippen LogP contribution is 2.35. The Kier molecular flexibility index (Phi) is 8.93. The van der Waals surface area contributed by atoms with Crippen molar-refractivity contribution in [3.05, 3.63) is 105 Å². The molecule has 0 unspecified atom stereocenters. The Morgan fingerprint density at radius 3 is 2.43 bits per heavy atom. The number of rotatable bonds is 10. The SMILES string of the molecule is CCCCc1nc(=O)c(S(=O)(=O)c2ccc(-c3ccccc3C(=O)O)c(C)c2)c(O)n1[C@@H](CC)c1cccc(C#N)c1. The number of hydrogen-bond acceptors (Lipinski definition) is 7. The molecule has 3 aromatic carbocycles. The zero-order valence-electron chi connectivity index (χ0n) is 23.5. The number of nitriles is 1. The van der Waals surface area contributed by atoms with E-state index in [0.29, 0.717) is 47.1 Å². The van der Waals surface area contributed by atoms with Gasteiger partial charge in [0.1, 0.15) is 5.82 Å². The Labute approximate surface area is 244 Å². The molecule has 10 heteroatoms. The number of carboxylic acid groups (broad SMARTS) is 1. The first-order chi connectivity index (χ1) is 20.0. The molecule has 0 saturated heterocycles. The number of benzene rings is 3. The molecule has 1 heterocycles. The lowest BCUT2D eigenvalue weighted by molar-refractivity contribution is 0.0697. The zero-order chi connectivity index (χ0) is 30.6. The van der Waals surface area contributed by atoms with Crippen LogP contribution >= 0.6 is 0 Å². The van der Waals surface area contributed by atoms with Gasteiger partial charge in [-0.25, -0.2) is 13.2 Å². The number of aromatic carboxylic acids is 1. The third-order valence-corrected chi connectivity index (χ3v) is 8.98. The van der Waals surface area contributed by atoms with Crippen LogP contribution in [0.4, 0.5) is 0 Å². The van der Waals surface area contributed by atoms with Crippen LogP contribution in [0.25, 0.3) is 11.1 Å². The summed E-state index contributed by atoms with van der Waals surface area (Å²) in [4.78, 5) is 28.1. The van der Waals surface area contributed by atoms with E-state index >= 15 is 0 Å². The summed E-state index contributed by atoms with van der Waals surface area (Å²) in [6, 6.07) is 18.8. The fourth-order valence-corrected chi connectivity index (χ4v) is 6.56. The number of sulfone groups is 1. The number of hydrogen-bond donors (Lipinski definition) is 2. The van der Waals surface area contributed by atoms with Crippen molar-refractivity contribution in [2.75, 3.05) is 0 Å². The minimum Gasteiger partial charge on any atom is -0.493 e. The maximum Gasteiger partial charge on any atom is 0.336 e. The maximum atomic E-state index is 13.9. The van der Waals surface area contributed by atoms with Gasteiger partial charge < -0.3 is 10.2 Å². The summed E-state index contributed by atoms with van der Waals surface area (Å²) in [5, 5.41) is 30.6. The predicted molar refractivity (Wildman–Crippen MR) is 157 cm³/mol. The lowest BCUT2D eigenvalue weighted by atomic mass is 9.96. The van der Waals surface area contributed by atoms with Crippen LogP contribution in [-0.4, -0.2) is 34.2 Å². The molecule has 0 aliphatic rings. The van der Waals surface area contributed by atoms with Crippen molar-refractivity contribution >= 4 is 15.8 Å². The lowest BCUT2D eigenvalue weighted by Crippen LogP contribution is -2.27. The average molecular weight is 586 g/mol. The third kappa shape index (κ3) is 5.69. The van der Waals surface area contributed by atoms with E-state index < -0.39 is 38.2 Å². The van der Waals surface area contributed by atoms with E-state index in [4.69, 9.17) is 0 Å². The Bertz CT molecular complexity index is 1870. The molecule has 0 aliphatic carbocycles. The molecule has 1 aromatic heterocycles. The number of carboxylic acids is 1. The monoisotopic (exact) mass is 585 g/mol. The molecule has 216 valence electrons. The molecular formula is C32H31N3O6S. The van der Waals surface area contributed by atoms with Gasteiger partial charge in [-0.05, 0) is 72.4 Å². The van der Waals surface area contributed by atoms with Gasteiger partial charge in [-0.3, -0.25) is 9.36 Å². The van der Waals surface area contributed by atoms with Crippen molar-refractivity contribution in [3.8, 4) is 23.1 Å². The van der Waals surface area contributed by atoms with E-state index in [1.807, 2.05) is 13.8 Å². The molecule has 4 aromatic rings. The van der Waals surface area contributed by atoms with Gasteiger partial charge in [0.25, 0.3) is 5.56 Å². The Morgan fingerprint density at radius 1 is 1.05 bits per heavy atom. The normalized spacial score (nSPS) is 12.0. The summed E-state index contributed by atoms with van der Waals surface area (Å²) in [6.45, 7) is 5.47. The average Bonchev–Trinajstić information content (AvgIpc) is 2.97. The zero-order valence-corrected chi connectivity index (χ0v) is 24.4. The first-order valence-electron chi connectivity index (χ1n) is 13.6. The lowest BCUT2D eigenvalue weighted by Gasteiger charge is -2.25. The van der Waals surface area contributed by atoms with E-state index in [9.17, 15) is 33.5 Å². The van der Waals surface area contributed by atoms with Crippen LogP contribution in [0.5, 0.6) is 5.88 Å². The molecule has 0 saturated carbocycles. The highest BCUT2D eigenvalue weighted by molar-refractivity contribution is 7.91. The van der Waals surface area contributed by atoms with Crippen molar-refractivity contribution in [2.45, 2.75) is 62.3 Å². The molecule has 9 nitrogen and oxygen atoms in total. The molecule has 0 amide bonds. The fraction of sp³-hybridized carbons (Fsp3) is 0.250. The quantitative estimate of drug-likeness (QED) is 0.242. The number of nitrogens with zero attached hydrogens (tertiary/aromatic N) is 3. The van der Waals surface area contributed by atoms with Gasteiger partial charge in [-0.15, -0.1) is 0 Å². The van der Waals surface area contributed by atoms with Crippen molar-refractivity contribution < 1.29 is 23.4 Å². The van der Waals surface area contributed by atoms with Crippen LogP contribution in [0, 0.1) is 18.3 Å². The first kappa shape index (κ1) is 30.2. The van der Waals surface area contributed by atoms with E-state index in [1.54, 1.807) is 49.4 Å². The van der Waals surface area contributed by atoms with Crippen LogP contribution in [0.1, 0.15) is 72.0 Å². The third-order valence-electron chi connectivity index (χ3n) is 7.21. The number of carbonyl (C=O) groups is 1. The number of aromatic hydroxyl groups is 1. The van der Waals surface area contributed by atoms with E-state index in [-0.39, 0.29) is 16.3 Å². The Balaban J connectivity index is 1.91. The van der Waals surface area contributed by atoms with Gasteiger partial charge in [0.2, 0.25) is 15.7 Å². The molecule has 0 bridgehead atoms. The van der Waals surface area contributed by atoms with E-state index in [0.717, 1.165) is 6.42 Å². The van der Waals surface area contributed by atoms with Gasteiger partial charge in [-0.1, -0.05) is 56.7 Å². The maximum absolute atomic E-state index is 13.9. The van der Waals surface area contributed by atoms with Crippen LogP contribution in [-0.2, 0) is 16.3 Å². The molecular weight excluding hydrogens is 554 g/mol. The number of aryl methyl sites for hydroxylation is 2. The van der Waals surface area contributed by atoms with Crippen LogP contribution < -0.4 is 5.56 Å². The van der Waals surface area contributed by atoms with Gasteiger partial charge in [0.05, 0.1) is 28.1 Å². The molecule has 4 rings (SSSR count). The minimum absolute atomic E-state index is 0.0645. The Morgan fingerprint density at radius 2 is 1.79 bits per heavy atom. The molecule has 0 fully saturated rings. The van der Waals surface area contributed by atoms with Crippen LogP contribution in [0.2, 0.25) is 0 Å². The predicted octanol–water partition coefficient (Wildman–Crippen LogP) is 5.67. The fourth-order valence-electron chi connectivity index (χ4n) is 5.13. The second kappa shape index (κ2) is 12.4. The summed E-state index contributed by atoms with van der Waals surface area (Å²) < 4.78 is 29.2. The topological polar surface area (TPSA) is 150 Å². The molecule has 0 radical (unpaired) electrons. The van der Waals surface area contributed by atoms with Crippen LogP contribution in [0.3, 0.4) is 0 Å². The van der Waals surface area contributed by atoms with Crippen molar-refractivity contribution in [2.24, 2.45) is 0 Å². The number of unbranched alkanes of at least 4 members (excludes halogenated alkanes) is 1. The molecule has 1 atom stereocenters. The molecule has 2 N–H and O–H groups in total. The molecule has 0 aliphatic heterocycles. The van der Waals surface area contributed by atoms with Gasteiger partial charge >= 0.3 is 5.97 Å². The van der Waals surface area contributed by atoms with Gasteiger partial charge in [-0.2, -0.15) is 10.2 Å². The minimum atomic E-state index is -4.56. The van der Waals surface area contributed by atoms with E-state index in [2.05, 4.69) is 11.1 Å². The second-order valence-corrected chi connectivity index (χ2v) is 11.8. The summed E-state index contributed by atoms with van der Waals surface area (Å²) in [6.07, 6.45) is 2.20. The highest BCUT2D eigenvalue weighted by Gasteiger charge is 2.32. The first-order valence-corrected chi connectivity index (χ1v) is 15.1. The smallest absolute Gasteiger partial charge is 0.336 e. The van der Waals surface area contributed by atoms with Crippen LogP contribution in [0.15, 0.2) is 81.3 Å². The summed E-state index contributed by atoms with van der Waals surface area (Å²) in [7, 11) is -4.56. The van der Waals surface area contributed by atoms with E-state index in [1.165, 1.54) is 28.8 Å². The van der Waals surface area contributed by atoms with Crippen molar-refractivity contribution in [1.82, 2.24) is 9.55 Å². The largest absolute Gasteiger partial charge is 0.493 e. The summed E-state index contributed by atoms with van der Waals surface area (Å²) in [5.41, 5.74) is 1.48. The van der Waals surface area contributed by atoms with Crippen molar-refractivity contribution in [3.63, 3.8) is 0 Å². The summed E-state index contributed by atoms with van der Waals surface area (Å²) in [5.74, 6) is -1.58. The van der Waals surface area contributed by atoms with Crippen molar-refractivity contribution in [1.29, 1.82) is 5.26 Å². The Hall–Kier alpha value is -4.75. The molecule has 0 spiro atoms. The standard InChI is InChI=1S/C32H31N3O6S/c1-4-6-14-28-34-30(36)29(31(37)35(28)27(5-2)22-11-9-10-21(18-22)19-33)42(40,41)23-15-16-24(20(3)17-23)25-12-7-8-13-26(25)32(38)39/h7-13,15-18,27,37H,4-6,14H2,1-3H3,(H,38,39)/t27-/m0/s1. The molecule has 42 heavy (non-hydrogen) atoms. The summed E-state index contributed by atoms with van der Waals surface area (Å²) >= 11 is 0. The van der Waals surface area contributed by atoms with Gasteiger partial charge in [0.15, 0.2) is 4.90 Å². The second-order valence-electron chi connectivity index (χ2n) is 9.95. The number of aromatic nitrogens is 2. The van der Waals surface area contributed by atoms with Gasteiger partial charge in [0, 0.05) is 6.42 Å². The highest BCUT2D eigenvalue weighted by atomic mass is 32.2.